The van der Waals surface area contributed by atoms with Gasteiger partial charge in [0.2, 0.25) is 10.0 Å². The SMILES string of the molecule is CNS(=O)(=O)c1cc(C(=O)NC(C)c2ccc(NC(=O)c3ccc(F)cc3)cc2)ccc1OC. The molecule has 0 aliphatic heterocycles. The largest absolute Gasteiger partial charge is 0.495 e. The fraction of sp³-hybridized carbons (Fsp3) is 0.167. The van der Waals surface area contributed by atoms with E-state index in [1.54, 1.807) is 31.2 Å². The molecule has 0 heterocycles. The van der Waals surface area contributed by atoms with Crippen molar-refractivity contribution in [1.82, 2.24) is 10.0 Å². The summed E-state index contributed by atoms with van der Waals surface area (Å²) in [4.78, 5) is 24.9. The van der Waals surface area contributed by atoms with E-state index in [1.165, 1.54) is 56.6 Å². The molecule has 0 aliphatic carbocycles. The zero-order valence-electron chi connectivity index (χ0n) is 18.8. The lowest BCUT2D eigenvalue weighted by molar-refractivity contribution is 0.0939. The van der Waals surface area contributed by atoms with Crippen LogP contribution in [0.4, 0.5) is 10.1 Å². The Morgan fingerprint density at radius 3 is 2.12 bits per heavy atom. The molecule has 0 saturated carbocycles. The van der Waals surface area contributed by atoms with Gasteiger partial charge in [-0.1, -0.05) is 12.1 Å². The van der Waals surface area contributed by atoms with Gasteiger partial charge in [0.1, 0.15) is 16.5 Å². The van der Waals surface area contributed by atoms with Crippen molar-refractivity contribution in [2.45, 2.75) is 17.9 Å². The van der Waals surface area contributed by atoms with Crippen LogP contribution in [0.5, 0.6) is 5.75 Å². The zero-order valence-corrected chi connectivity index (χ0v) is 19.6. The third-order valence-electron chi connectivity index (χ3n) is 5.11. The van der Waals surface area contributed by atoms with Crippen LogP contribution in [-0.2, 0) is 10.0 Å². The second-order valence-corrected chi connectivity index (χ2v) is 9.21. The zero-order chi connectivity index (χ0) is 24.9. The van der Waals surface area contributed by atoms with Crippen LogP contribution in [0.25, 0.3) is 0 Å². The van der Waals surface area contributed by atoms with Crippen LogP contribution in [0.2, 0.25) is 0 Å². The van der Waals surface area contributed by atoms with Gasteiger partial charge in [-0.15, -0.1) is 0 Å². The first-order valence-electron chi connectivity index (χ1n) is 10.2. The molecule has 0 aliphatic rings. The van der Waals surface area contributed by atoms with Crippen LogP contribution in [0.1, 0.15) is 39.2 Å². The molecule has 2 amide bonds. The predicted octanol–water partition coefficient (Wildman–Crippen LogP) is 3.49. The van der Waals surface area contributed by atoms with Crippen LogP contribution >= 0.6 is 0 Å². The normalized spacial score (nSPS) is 12.0. The fourth-order valence-electron chi connectivity index (χ4n) is 3.16. The summed E-state index contributed by atoms with van der Waals surface area (Å²) in [5.74, 6) is -1.14. The van der Waals surface area contributed by atoms with E-state index in [0.29, 0.717) is 11.3 Å². The molecule has 3 aromatic carbocycles. The first-order chi connectivity index (χ1) is 16.1. The number of carbonyl (C=O) groups excluding carboxylic acids is 2. The fourth-order valence-corrected chi connectivity index (χ4v) is 4.08. The van der Waals surface area contributed by atoms with Crippen LogP contribution in [0.15, 0.2) is 71.6 Å². The quantitative estimate of drug-likeness (QED) is 0.452. The number of hydrogen-bond acceptors (Lipinski definition) is 5. The molecular weight excluding hydrogens is 461 g/mol. The number of rotatable bonds is 8. The highest BCUT2D eigenvalue weighted by Gasteiger charge is 2.21. The van der Waals surface area contributed by atoms with E-state index in [-0.39, 0.29) is 22.1 Å². The molecule has 3 aromatic rings. The van der Waals surface area contributed by atoms with Crippen molar-refractivity contribution in [1.29, 1.82) is 0 Å². The van der Waals surface area contributed by atoms with E-state index in [4.69, 9.17) is 4.74 Å². The highest BCUT2D eigenvalue weighted by Crippen LogP contribution is 2.25. The molecule has 34 heavy (non-hydrogen) atoms. The Labute approximate surface area is 197 Å². The number of halogens is 1. The molecule has 0 saturated heterocycles. The summed E-state index contributed by atoms with van der Waals surface area (Å²) >= 11 is 0. The molecule has 3 N–H and O–H groups in total. The number of ether oxygens (including phenoxy) is 1. The van der Waals surface area contributed by atoms with Gasteiger partial charge in [0.15, 0.2) is 0 Å². The van der Waals surface area contributed by atoms with Crippen molar-refractivity contribution < 1.29 is 27.1 Å². The van der Waals surface area contributed by atoms with Crippen LogP contribution in [0.3, 0.4) is 0 Å². The maximum Gasteiger partial charge on any atom is 0.255 e. The minimum atomic E-state index is -3.82. The van der Waals surface area contributed by atoms with Crippen molar-refractivity contribution in [3.8, 4) is 5.75 Å². The maximum atomic E-state index is 13.0. The second kappa shape index (κ2) is 10.4. The molecule has 8 nitrogen and oxygen atoms in total. The summed E-state index contributed by atoms with van der Waals surface area (Å²) in [5.41, 5.74) is 1.79. The summed E-state index contributed by atoms with van der Waals surface area (Å²) in [7, 11) is -1.20. The van der Waals surface area contributed by atoms with E-state index in [2.05, 4.69) is 15.4 Å². The standard InChI is InChI=1S/C24H24FN3O5S/c1-15(27-24(30)18-8-13-21(33-3)22(14-18)34(31,32)26-2)16-6-11-20(12-7-16)28-23(29)17-4-9-19(25)10-5-17/h4-15,26H,1-3H3,(H,27,30)(H,28,29). The van der Waals surface area contributed by atoms with Gasteiger partial charge in [-0.05, 0) is 74.1 Å². The monoisotopic (exact) mass is 485 g/mol. The molecule has 3 rings (SSSR count). The number of sulfonamides is 1. The number of carbonyl (C=O) groups is 2. The minimum absolute atomic E-state index is 0.122. The smallest absolute Gasteiger partial charge is 0.255 e. The third-order valence-corrected chi connectivity index (χ3v) is 6.54. The molecular formula is C24H24FN3O5S. The average molecular weight is 486 g/mol. The molecule has 0 aromatic heterocycles. The van der Waals surface area contributed by atoms with Crippen molar-refractivity contribution in [2.75, 3.05) is 19.5 Å². The van der Waals surface area contributed by atoms with Gasteiger partial charge in [0.25, 0.3) is 11.8 Å². The molecule has 10 heteroatoms. The van der Waals surface area contributed by atoms with E-state index >= 15 is 0 Å². The highest BCUT2D eigenvalue weighted by molar-refractivity contribution is 7.89. The third kappa shape index (κ3) is 5.77. The van der Waals surface area contributed by atoms with Gasteiger partial charge in [-0.2, -0.15) is 0 Å². The summed E-state index contributed by atoms with van der Waals surface area (Å²) in [6.45, 7) is 1.78. The van der Waals surface area contributed by atoms with Crippen LogP contribution in [0, 0.1) is 5.82 Å². The lowest BCUT2D eigenvalue weighted by Gasteiger charge is -2.16. The van der Waals surface area contributed by atoms with E-state index < -0.39 is 27.8 Å². The summed E-state index contributed by atoms with van der Waals surface area (Å²) in [5, 5.41) is 5.54. The number of hydrogen-bond donors (Lipinski definition) is 3. The lowest BCUT2D eigenvalue weighted by Crippen LogP contribution is -2.27. The van der Waals surface area contributed by atoms with Gasteiger partial charge in [0, 0.05) is 16.8 Å². The number of benzene rings is 3. The van der Waals surface area contributed by atoms with Crippen molar-refractivity contribution in [2.24, 2.45) is 0 Å². The van der Waals surface area contributed by atoms with E-state index in [9.17, 15) is 22.4 Å². The molecule has 0 fully saturated rings. The molecule has 1 atom stereocenters. The predicted molar refractivity (Wildman–Crippen MR) is 126 cm³/mol. The minimum Gasteiger partial charge on any atom is -0.495 e. The Hall–Kier alpha value is -3.76. The van der Waals surface area contributed by atoms with Gasteiger partial charge in [-0.3, -0.25) is 9.59 Å². The number of amides is 2. The van der Waals surface area contributed by atoms with Gasteiger partial charge in [-0.25, -0.2) is 17.5 Å². The number of anilines is 1. The molecule has 0 spiro atoms. The van der Waals surface area contributed by atoms with Crippen LogP contribution < -0.4 is 20.1 Å². The Morgan fingerprint density at radius 1 is 0.912 bits per heavy atom. The Morgan fingerprint density at radius 2 is 1.53 bits per heavy atom. The van der Waals surface area contributed by atoms with Crippen molar-refractivity contribution >= 4 is 27.5 Å². The van der Waals surface area contributed by atoms with Gasteiger partial charge in [0.05, 0.1) is 13.2 Å². The first kappa shape index (κ1) is 24.9. The maximum absolute atomic E-state index is 13.0. The number of nitrogens with one attached hydrogen (secondary N) is 3. The summed E-state index contributed by atoms with van der Waals surface area (Å²) < 4.78 is 44.8. The van der Waals surface area contributed by atoms with E-state index in [0.717, 1.165) is 5.56 Å². The molecule has 0 bridgehead atoms. The lowest BCUT2D eigenvalue weighted by atomic mass is 10.1. The summed E-state index contributed by atoms with van der Waals surface area (Å²) in [6, 6.07) is 15.8. The Bertz CT molecular complexity index is 1290. The van der Waals surface area contributed by atoms with Gasteiger partial charge < -0.3 is 15.4 Å². The first-order valence-corrected chi connectivity index (χ1v) is 11.7. The topological polar surface area (TPSA) is 114 Å². The highest BCUT2D eigenvalue weighted by atomic mass is 32.2. The van der Waals surface area contributed by atoms with Crippen LogP contribution in [-0.4, -0.2) is 34.4 Å². The Kier molecular flexibility index (Phi) is 7.64. The molecule has 1 unspecified atom stereocenters. The molecule has 0 radical (unpaired) electrons. The molecule has 178 valence electrons. The number of methoxy groups -OCH3 is 1. The van der Waals surface area contributed by atoms with Gasteiger partial charge >= 0.3 is 0 Å². The van der Waals surface area contributed by atoms with Crippen molar-refractivity contribution in [3.63, 3.8) is 0 Å². The Balaban J connectivity index is 1.69. The average Bonchev–Trinajstić information content (AvgIpc) is 2.84. The summed E-state index contributed by atoms with van der Waals surface area (Å²) in [6.07, 6.45) is 0. The second-order valence-electron chi connectivity index (χ2n) is 7.35. The van der Waals surface area contributed by atoms with E-state index in [1.807, 2.05) is 0 Å². The van der Waals surface area contributed by atoms with Crippen molar-refractivity contribution in [3.05, 3.63) is 89.2 Å².